The molecule has 0 bridgehead atoms. The average molecular weight is 819 g/mol. The van der Waals surface area contributed by atoms with Gasteiger partial charge >= 0.3 is 17.6 Å². The highest BCUT2D eigenvalue weighted by Crippen LogP contribution is 2.27. The molecule has 0 atom stereocenters. The van der Waals surface area contributed by atoms with Crippen LogP contribution in [-0.4, -0.2) is 101 Å². The SMILES string of the molecule is COC(=O)c1nc(-c2cccc(OCCN(C)c3ccncc3N)c2)cnc1N.COC(=O)c1nc(-c2cccc(OCCN(C)c3ccncc3[N+](=O)[O-])c2)cnc1N. The zero-order valence-corrected chi connectivity index (χ0v) is 33.1. The van der Waals surface area contributed by atoms with Gasteiger partial charge in [0.1, 0.15) is 36.6 Å². The number of methoxy groups -OCH3 is 2. The summed E-state index contributed by atoms with van der Waals surface area (Å²) in [6, 6.07) is 17.9. The van der Waals surface area contributed by atoms with E-state index in [1.807, 2.05) is 42.3 Å². The molecule has 20 nitrogen and oxygen atoms in total. The molecule has 6 N–H and O–H groups in total. The van der Waals surface area contributed by atoms with Crippen LogP contribution in [0.15, 0.2) is 97.8 Å². The first-order valence-corrected chi connectivity index (χ1v) is 18.0. The lowest BCUT2D eigenvalue weighted by Gasteiger charge is -2.20. The smallest absolute Gasteiger partial charge is 0.360 e. The molecule has 0 fully saturated rings. The predicted octanol–water partition coefficient (Wildman–Crippen LogP) is 4.34. The maximum absolute atomic E-state index is 11.8. The quantitative estimate of drug-likeness (QED) is 0.0738. The molecule has 0 amide bonds. The number of hydrogen-bond donors (Lipinski definition) is 3. The fourth-order valence-corrected chi connectivity index (χ4v) is 5.49. The van der Waals surface area contributed by atoms with Gasteiger partial charge in [-0.2, -0.15) is 0 Å². The number of nitrogens with zero attached hydrogens (tertiary/aromatic N) is 9. The van der Waals surface area contributed by atoms with Gasteiger partial charge in [-0.1, -0.05) is 24.3 Å². The van der Waals surface area contributed by atoms with E-state index in [4.69, 9.17) is 26.7 Å². The number of nitrogens with two attached hydrogens (primary N) is 3. The summed E-state index contributed by atoms with van der Waals surface area (Å²) in [5.41, 5.74) is 21.5. The van der Waals surface area contributed by atoms with Gasteiger partial charge < -0.3 is 45.9 Å². The Morgan fingerprint density at radius 1 is 0.683 bits per heavy atom. The Kier molecular flexibility index (Phi) is 14.6. The van der Waals surface area contributed by atoms with Crippen LogP contribution in [0, 0.1) is 10.1 Å². The minimum atomic E-state index is -0.674. The van der Waals surface area contributed by atoms with Crippen LogP contribution in [0.25, 0.3) is 22.5 Å². The Labute approximate surface area is 344 Å². The maximum Gasteiger partial charge on any atom is 0.360 e. The van der Waals surface area contributed by atoms with Crippen molar-refractivity contribution in [3.63, 3.8) is 0 Å². The van der Waals surface area contributed by atoms with Gasteiger partial charge in [-0.25, -0.2) is 29.5 Å². The lowest BCUT2D eigenvalue weighted by Crippen LogP contribution is -2.24. The molecule has 6 rings (SSSR count). The minimum absolute atomic E-state index is 0.0174. The number of pyridine rings is 2. The molecule has 20 heteroatoms. The zero-order chi connectivity index (χ0) is 43.2. The molecule has 6 aromatic rings. The third kappa shape index (κ3) is 11.0. The van der Waals surface area contributed by atoms with Crippen LogP contribution in [0.1, 0.15) is 21.0 Å². The highest BCUT2D eigenvalue weighted by Gasteiger charge is 2.18. The standard InChI is InChI=1S/C20H20N6O5.C20H22N6O3/c1-25(16-6-7-22-12-17(16)26(28)29)8-9-31-14-5-3-4-13(10-14)15-11-23-19(21)18(24-15)20(27)30-2;1-26(17-6-7-23-11-15(17)21)8-9-29-14-5-3-4-13(10-14)16-12-24-19(22)18(25-16)20(27)28-2/h3-7,10-12H,8-9H2,1-2H3,(H2,21,23);3-7,10-12H,8-9,21H2,1-2H3,(H2,22,24). The summed E-state index contributed by atoms with van der Waals surface area (Å²) in [6.45, 7) is 1.76. The van der Waals surface area contributed by atoms with Crippen LogP contribution in [0.5, 0.6) is 11.5 Å². The molecule has 60 heavy (non-hydrogen) atoms. The molecule has 0 aliphatic rings. The predicted molar refractivity (Wildman–Crippen MR) is 224 cm³/mol. The summed E-state index contributed by atoms with van der Waals surface area (Å²) in [5, 5.41) is 11.2. The van der Waals surface area contributed by atoms with Crippen molar-refractivity contribution in [1.82, 2.24) is 29.9 Å². The van der Waals surface area contributed by atoms with Crippen molar-refractivity contribution in [2.75, 3.05) is 81.6 Å². The number of anilines is 5. The van der Waals surface area contributed by atoms with E-state index in [0.717, 1.165) is 11.3 Å². The van der Waals surface area contributed by atoms with Gasteiger partial charge in [-0.05, 0) is 36.4 Å². The van der Waals surface area contributed by atoms with Gasteiger partial charge in [0.05, 0.1) is 73.6 Å². The maximum atomic E-state index is 11.8. The number of rotatable bonds is 15. The Morgan fingerprint density at radius 3 is 1.62 bits per heavy atom. The van der Waals surface area contributed by atoms with Gasteiger partial charge in [0.15, 0.2) is 23.0 Å². The highest BCUT2D eigenvalue weighted by atomic mass is 16.6. The summed E-state index contributed by atoms with van der Waals surface area (Å²) >= 11 is 0. The Bertz CT molecular complexity index is 2450. The molecule has 0 aliphatic carbocycles. The van der Waals surface area contributed by atoms with Crippen molar-refractivity contribution >= 4 is 46.3 Å². The molecular weight excluding hydrogens is 777 g/mol. The van der Waals surface area contributed by atoms with E-state index in [0.29, 0.717) is 59.5 Å². The van der Waals surface area contributed by atoms with Crippen molar-refractivity contribution in [3.8, 4) is 34.0 Å². The summed E-state index contributed by atoms with van der Waals surface area (Å²) < 4.78 is 21.0. The normalized spacial score (nSPS) is 10.4. The van der Waals surface area contributed by atoms with Crippen molar-refractivity contribution in [3.05, 3.63) is 119 Å². The van der Waals surface area contributed by atoms with Crippen LogP contribution < -0.4 is 36.5 Å². The molecule has 0 saturated carbocycles. The second kappa shape index (κ2) is 20.3. The van der Waals surface area contributed by atoms with Crippen molar-refractivity contribution < 1.29 is 33.5 Å². The van der Waals surface area contributed by atoms with Gasteiger partial charge in [0, 0.05) is 37.6 Å². The third-order valence-electron chi connectivity index (χ3n) is 8.63. The minimum Gasteiger partial charge on any atom is -0.492 e. The molecule has 0 spiro atoms. The summed E-state index contributed by atoms with van der Waals surface area (Å²) in [4.78, 5) is 62.3. The molecule has 2 aromatic carbocycles. The molecule has 4 aromatic heterocycles. The number of nitrogen functional groups attached to an aromatic ring is 3. The van der Waals surface area contributed by atoms with Gasteiger partial charge in [0.25, 0.3) is 0 Å². The number of hydrogen-bond acceptors (Lipinski definition) is 19. The third-order valence-corrected chi connectivity index (χ3v) is 8.63. The van der Waals surface area contributed by atoms with Crippen molar-refractivity contribution in [2.45, 2.75) is 0 Å². The van der Waals surface area contributed by atoms with Crippen molar-refractivity contribution in [2.24, 2.45) is 0 Å². The lowest BCUT2D eigenvalue weighted by molar-refractivity contribution is -0.384. The average Bonchev–Trinajstić information content (AvgIpc) is 3.26. The van der Waals surface area contributed by atoms with Gasteiger partial charge in [-0.15, -0.1) is 0 Å². The molecule has 310 valence electrons. The van der Waals surface area contributed by atoms with Crippen molar-refractivity contribution in [1.29, 1.82) is 0 Å². The largest absolute Gasteiger partial charge is 0.492 e. The van der Waals surface area contributed by atoms with Crippen LogP contribution in [0.4, 0.5) is 34.4 Å². The summed E-state index contributed by atoms with van der Waals surface area (Å²) in [5.74, 6) is -0.0805. The van der Waals surface area contributed by atoms with E-state index in [-0.39, 0.29) is 35.3 Å². The van der Waals surface area contributed by atoms with E-state index >= 15 is 0 Å². The number of likely N-dealkylation sites (N-methyl/N-ethyl adjacent to an activating group) is 2. The first kappa shape index (κ1) is 43.0. The lowest BCUT2D eigenvalue weighted by atomic mass is 10.1. The van der Waals surface area contributed by atoms with Crippen LogP contribution in [0.2, 0.25) is 0 Å². The van der Waals surface area contributed by atoms with Gasteiger partial charge in [0.2, 0.25) is 0 Å². The number of nitro groups is 1. The molecule has 4 heterocycles. The second-order valence-corrected chi connectivity index (χ2v) is 12.6. The second-order valence-electron chi connectivity index (χ2n) is 12.6. The van der Waals surface area contributed by atoms with E-state index in [9.17, 15) is 19.7 Å². The van der Waals surface area contributed by atoms with E-state index in [1.165, 1.54) is 39.0 Å². The van der Waals surface area contributed by atoms with Crippen LogP contribution >= 0.6 is 0 Å². The first-order chi connectivity index (χ1) is 28.9. The number of carbonyl (C=O) groups excluding carboxylic acids is 2. The molecule has 0 aliphatic heterocycles. The number of benzene rings is 2. The molecule has 0 unspecified atom stereocenters. The topological polar surface area (TPSA) is 276 Å². The number of carbonyl (C=O) groups is 2. The highest BCUT2D eigenvalue weighted by molar-refractivity contribution is 5.93. The zero-order valence-electron chi connectivity index (χ0n) is 33.1. The van der Waals surface area contributed by atoms with E-state index < -0.39 is 16.9 Å². The molecular formula is C40H42N12O8. The van der Waals surface area contributed by atoms with Crippen LogP contribution in [0.3, 0.4) is 0 Å². The van der Waals surface area contributed by atoms with Crippen LogP contribution in [-0.2, 0) is 9.47 Å². The molecule has 0 saturated heterocycles. The first-order valence-electron chi connectivity index (χ1n) is 18.0. The summed E-state index contributed by atoms with van der Waals surface area (Å²) in [7, 11) is 6.17. The van der Waals surface area contributed by atoms with Gasteiger partial charge in [-0.3, -0.25) is 20.1 Å². The number of esters is 2. The summed E-state index contributed by atoms with van der Waals surface area (Å²) in [6.07, 6.45) is 8.99. The Hall–Kier alpha value is -8.16. The fourth-order valence-electron chi connectivity index (χ4n) is 5.49. The Balaban J connectivity index is 0.000000228. The number of ether oxygens (including phenoxy) is 4. The van der Waals surface area contributed by atoms with E-state index in [2.05, 4.69) is 39.4 Å². The molecule has 0 radical (unpaired) electrons. The Morgan fingerprint density at radius 2 is 1.15 bits per heavy atom. The fraction of sp³-hybridized carbons (Fsp3) is 0.200. The monoisotopic (exact) mass is 818 g/mol. The van der Waals surface area contributed by atoms with E-state index in [1.54, 1.807) is 54.7 Å². The number of aromatic nitrogens is 6.